The van der Waals surface area contributed by atoms with Crippen LogP contribution in [-0.4, -0.2) is 48.7 Å². The van der Waals surface area contributed by atoms with E-state index in [1.807, 2.05) is 0 Å². The lowest BCUT2D eigenvalue weighted by Crippen LogP contribution is -2.59. The number of esters is 1. The second kappa shape index (κ2) is 7.10. The van der Waals surface area contributed by atoms with Gasteiger partial charge in [-0.25, -0.2) is 0 Å². The van der Waals surface area contributed by atoms with Crippen molar-refractivity contribution in [2.24, 2.45) is 0 Å². The third-order valence-electron chi connectivity index (χ3n) is 5.34. The maximum atomic E-state index is 12.4. The van der Waals surface area contributed by atoms with Crippen molar-refractivity contribution >= 4 is 5.97 Å². The summed E-state index contributed by atoms with van der Waals surface area (Å²) < 4.78 is 5.14. The molecule has 4 nitrogen and oxygen atoms in total. The largest absolute Gasteiger partial charge is 0.468 e. The quantitative estimate of drug-likeness (QED) is 0.734. The molecule has 3 atom stereocenters. The molecule has 0 heterocycles. The summed E-state index contributed by atoms with van der Waals surface area (Å²) in [5, 5.41) is 3.61. The Bertz CT molecular complexity index is 357. The summed E-state index contributed by atoms with van der Waals surface area (Å²) in [7, 11) is 3.74. The number of nitrogens with one attached hydrogen (secondary N) is 1. The molecule has 4 heteroatoms. The maximum absolute atomic E-state index is 12.4. The second-order valence-electron chi connectivity index (χ2n) is 7.05. The van der Waals surface area contributed by atoms with Crippen LogP contribution in [-0.2, 0) is 9.53 Å². The number of carbonyl (C=O) groups is 1. The van der Waals surface area contributed by atoms with Crippen molar-refractivity contribution in [1.82, 2.24) is 10.2 Å². The van der Waals surface area contributed by atoms with Gasteiger partial charge in [-0.05, 0) is 58.9 Å². The first-order valence-corrected chi connectivity index (χ1v) is 8.60. The van der Waals surface area contributed by atoms with Crippen LogP contribution in [0.1, 0.15) is 65.2 Å². The van der Waals surface area contributed by atoms with Crippen molar-refractivity contribution in [2.45, 2.75) is 88.9 Å². The minimum absolute atomic E-state index is 0.0596. The molecule has 0 bridgehead atoms. The minimum Gasteiger partial charge on any atom is -0.468 e. The van der Waals surface area contributed by atoms with E-state index in [9.17, 15) is 4.79 Å². The molecule has 0 radical (unpaired) electrons. The summed E-state index contributed by atoms with van der Waals surface area (Å²) in [5.74, 6) is -0.0596. The SMILES string of the molecule is CCCC(C)N(C)C1CCCC(NC2CC2)(C(=O)OC)C1. The highest BCUT2D eigenvalue weighted by atomic mass is 16.5. The molecule has 0 amide bonds. The van der Waals surface area contributed by atoms with Crippen molar-refractivity contribution in [3.8, 4) is 0 Å². The van der Waals surface area contributed by atoms with Gasteiger partial charge in [0.05, 0.1) is 7.11 Å². The van der Waals surface area contributed by atoms with E-state index in [4.69, 9.17) is 4.74 Å². The molecule has 3 unspecified atom stereocenters. The highest BCUT2D eigenvalue weighted by molar-refractivity contribution is 5.81. The first-order chi connectivity index (χ1) is 10.0. The fourth-order valence-corrected chi connectivity index (χ4v) is 3.76. The maximum Gasteiger partial charge on any atom is 0.326 e. The third kappa shape index (κ3) is 3.98. The summed E-state index contributed by atoms with van der Waals surface area (Å²) in [6.07, 6.45) is 8.92. The van der Waals surface area contributed by atoms with E-state index in [-0.39, 0.29) is 5.97 Å². The number of carbonyl (C=O) groups excluding carboxylic acids is 1. The lowest BCUT2D eigenvalue weighted by atomic mass is 9.77. The summed E-state index contributed by atoms with van der Waals surface area (Å²) in [6.45, 7) is 4.53. The minimum atomic E-state index is -0.445. The van der Waals surface area contributed by atoms with Gasteiger partial charge >= 0.3 is 5.97 Å². The Morgan fingerprint density at radius 2 is 2.14 bits per heavy atom. The van der Waals surface area contributed by atoms with E-state index >= 15 is 0 Å². The van der Waals surface area contributed by atoms with Crippen molar-refractivity contribution in [3.05, 3.63) is 0 Å². The Morgan fingerprint density at radius 1 is 1.43 bits per heavy atom. The van der Waals surface area contributed by atoms with Crippen LogP contribution in [0.5, 0.6) is 0 Å². The van der Waals surface area contributed by atoms with Gasteiger partial charge < -0.3 is 9.64 Å². The van der Waals surface area contributed by atoms with Gasteiger partial charge in [-0.3, -0.25) is 10.1 Å². The van der Waals surface area contributed by atoms with Gasteiger partial charge in [0.25, 0.3) is 0 Å². The predicted molar refractivity (Wildman–Crippen MR) is 85.3 cm³/mol. The van der Waals surface area contributed by atoms with Gasteiger partial charge in [-0.15, -0.1) is 0 Å². The molecule has 21 heavy (non-hydrogen) atoms. The highest BCUT2D eigenvalue weighted by Gasteiger charge is 2.47. The van der Waals surface area contributed by atoms with E-state index in [1.165, 1.54) is 39.2 Å². The molecular formula is C17H32N2O2. The van der Waals surface area contributed by atoms with Gasteiger partial charge in [0.15, 0.2) is 0 Å². The van der Waals surface area contributed by atoms with Crippen LogP contribution >= 0.6 is 0 Å². The molecule has 0 saturated heterocycles. The van der Waals surface area contributed by atoms with Crippen LogP contribution in [0.3, 0.4) is 0 Å². The van der Waals surface area contributed by atoms with E-state index in [0.717, 1.165) is 19.3 Å². The van der Waals surface area contributed by atoms with E-state index in [1.54, 1.807) is 0 Å². The summed E-state index contributed by atoms with van der Waals surface area (Å²) in [5.41, 5.74) is -0.445. The van der Waals surface area contributed by atoms with Gasteiger partial charge in [-0.1, -0.05) is 13.3 Å². The van der Waals surface area contributed by atoms with Gasteiger partial charge in [0, 0.05) is 18.1 Å². The van der Waals surface area contributed by atoms with E-state index in [0.29, 0.717) is 18.1 Å². The van der Waals surface area contributed by atoms with Crippen LogP contribution in [0.15, 0.2) is 0 Å². The fraction of sp³-hybridized carbons (Fsp3) is 0.941. The Labute approximate surface area is 129 Å². The van der Waals surface area contributed by atoms with Crippen LogP contribution in [0.2, 0.25) is 0 Å². The molecule has 0 aliphatic heterocycles. The van der Waals surface area contributed by atoms with Gasteiger partial charge in [0.2, 0.25) is 0 Å². The van der Waals surface area contributed by atoms with Crippen LogP contribution < -0.4 is 5.32 Å². The van der Waals surface area contributed by atoms with Gasteiger partial charge in [-0.2, -0.15) is 0 Å². The van der Waals surface area contributed by atoms with Crippen molar-refractivity contribution in [2.75, 3.05) is 14.2 Å². The molecule has 0 aromatic heterocycles. The fourth-order valence-electron chi connectivity index (χ4n) is 3.76. The van der Waals surface area contributed by atoms with Crippen molar-refractivity contribution in [3.63, 3.8) is 0 Å². The Balaban J connectivity index is 2.06. The molecule has 2 rings (SSSR count). The third-order valence-corrected chi connectivity index (χ3v) is 5.34. The molecule has 2 aliphatic carbocycles. The number of hydrogen-bond acceptors (Lipinski definition) is 4. The van der Waals surface area contributed by atoms with Gasteiger partial charge in [0.1, 0.15) is 5.54 Å². The van der Waals surface area contributed by atoms with Crippen LogP contribution in [0.4, 0.5) is 0 Å². The Kier molecular flexibility index (Phi) is 5.67. The molecule has 2 saturated carbocycles. The first kappa shape index (κ1) is 16.8. The van der Waals surface area contributed by atoms with Crippen LogP contribution in [0, 0.1) is 0 Å². The molecule has 1 N–H and O–H groups in total. The number of ether oxygens (including phenoxy) is 1. The highest BCUT2D eigenvalue weighted by Crippen LogP contribution is 2.36. The van der Waals surface area contributed by atoms with Crippen molar-refractivity contribution < 1.29 is 9.53 Å². The second-order valence-corrected chi connectivity index (χ2v) is 7.05. The normalized spacial score (nSPS) is 31.2. The molecule has 2 aliphatic rings. The van der Waals surface area contributed by atoms with Crippen LogP contribution in [0.25, 0.3) is 0 Å². The summed E-state index contributed by atoms with van der Waals surface area (Å²) in [6, 6.07) is 1.58. The lowest BCUT2D eigenvalue weighted by Gasteiger charge is -2.44. The number of rotatable bonds is 7. The molecular weight excluding hydrogens is 264 g/mol. The zero-order valence-electron chi connectivity index (χ0n) is 14.2. The topological polar surface area (TPSA) is 41.6 Å². The average Bonchev–Trinajstić information content (AvgIpc) is 3.29. The molecule has 0 aromatic carbocycles. The zero-order valence-corrected chi connectivity index (χ0v) is 14.2. The molecule has 2 fully saturated rings. The number of hydrogen-bond donors (Lipinski definition) is 1. The number of nitrogens with zero attached hydrogens (tertiary/aromatic N) is 1. The van der Waals surface area contributed by atoms with E-state index in [2.05, 4.69) is 31.1 Å². The smallest absolute Gasteiger partial charge is 0.326 e. The molecule has 122 valence electrons. The Morgan fingerprint density at radius 3 is 2.71 bits per heavy atom. The summed E-state index contributed by atoms with van der Waals surface area (Å²) >= 11 is 0. The zero-order chi connectivity index (χ0) is 15.5. The average molecular weight is 296 g/mol. The monoisotopic (exact) mass is 296 g/mol. The van der Waals surface area contributed by atoms with E-state index < -0.39 is 5.54 Å². The first-order valence-electron chi connectivity index (χ1n) is 8.60. The number of methoxy groups -OCH3 is 1. The lowest BCUT2D eigenvalue weighted by molar-refractivity contribution is -0.151. The molecule has 0 aromatic rings. The Hall–Kier alpha value is -0.610. The van der Waals surface area contributed by atoms with Crippen molar-refractivity contribution in [1.29, 1.82) is 0 Å². The molecule has 0 spiro atoms. The summed E-state index contributed by atoms with van der Waals surface area (Å²) in [4.78, 5) is 14.9. The standard InChI is InChI=1S/C17H32N2O2/c1-5-7-13(2)19(3)15-8-6-11-17(12-15,16(20)21-4)18-14-9-10-14/h13-15,18H,5-12H2,1-4H3. The predicted octanol–water partition coefficient (Wildman–Crippen LogP) is 2.71.